The molecule has 3 heterocycles. The SMILES string of the molecule is O=C(c1cccc(-n2cnnn2)c1)N1CCN([C@H]2CCS(=O)(=O)C2)CC1. The van der Waals surface area contributed by atoms with E-state index >= 15 is 0 Å². The second-order valence-corrected chi connectivity index (χ2v) is 8.92. The summed E-state index contributed by atoms with van der Waals surface area (Å²) in [7, 11) is -2.88. The van der Waals surface area contributed by atoms with Crippen LogP contribution < -0.4 is 0 Å². The lowest BCUT2D eigenvalue weighted by Crippen LogP contribution is -2.52. The molecule has 1 atom stereocenters. The van der Waals surface area contributed by atoms with Gasteiger partial charge < -0.3 is 4.90 Å². The molecule has 2 fully saturated rings. The highest BCUT2D eigenvalue weighted by atomic mass is 32.2. The van der Waals surface area contributed by atoms with E-state index in [1.54, 1.807) is 12.1 Å². The van der Waals surface area contributed by atoms with Crippen molar-refractivity contribution in [2.45, 2.75) is 12.5 Å². The predicted molar refractivity (Wildman–Crippen MR) is 93.7 cm³/mol. The number of aromatic nitrogens is 4. The van der Waals surface area contributed by atoms with Crippen molar-refractivity contribution in [2.24, 2.45) is 0 Å². The van der Waals surface area contributed by atoms with E-state index < -0.39 is 9.84 Å². The molecule has 0 saturated carbocycles. The van der Waals surface area contributed by atoms with Gasteiger partial charge in [0.15, 0.2) is 9.84 Å². The zero-order chi connectivity index (χ0) is 18.1. The van der Waals surface area contributed by atoms with Crippen LogP contribution in [-0.4, -0.2) is 88.1 Å². The van der Waals surface area contributed by atoms with Gasteiger partial charge in [-0.1, -0.05) is 6.07 Å². The summed E-state index contributed by atoms with van der Waals surface area (Å²) in [5, 5.41) is 11.1. The molecular weight excluding hydrogens is 356 g/mol. The number of hydrogen-bond acceptors (Lipinski definition) is 7. The van der Waals surface area contributed by atoms with Crippen LogP contribution in [0.1, 0.15) is 16.8 Å². The Balaban J connectivity index is 1.40. The quantitative estimate of drug-likeness (QED) is 0.719. The lowest BCUT2D eigenvalue weighted by molar-refractivity contribution is 0.0588. The molecule has 0 unspecified atom stereocenters. The van der Waals surface area contributed by atoms with Crippen molar-refractivity contribution in [1.82, 2.24) is 30.0 Å². The van der Waals surface area contributed by atoms with E-state index in [2.05, 4.69) is 20.4 Å². The number of tetrazole rings is 1. The molecule has 1 aromatic carbocycles. The van der Waals surface area contributed by atoms with Crippen LogP contribution in [0.25, 0.3) is 5.69 Å². The summed E-state index contributed by atoms with van der Waals surface area (Å²) in [6.07, 6.45) is 2.18. The summed E-state index contributed by atoms with van der Waals surface area (Å²) in [6, 6.07) is 7.30. The van der Waals surface area contributed by atoms with E-state index in [1.165, 1.54) is 11.0 Å². The van der Waals surface area contributed by atoms with Gasteiger partial charge in [-0.05, 0) is 35.0 Å². The van der Waals surface area contributed by atoms with Gasteiger partial charge in [0.05, 0.1) is 17.2 Å². The first-order valence-electron chi connectivity index (χ1n) is 8.59. The molecule has 0 radical (unpaired) electrons. The van der Waals surface area contributed by atoms with Crippen LogP contribution in [0, 0.1) is 0 Å². The number of sulfone groups is 1. The molecule has 0 spiro atoms. The first kappa shape index (κ1) is 17.1. The van der Waals surface area contributed by atoms with Gasteiger partial charge in [0.1, 0.15) is 6.33 Å². The summed E-state index contributed by atoms with van der Waals surface area (Å²) in [4.78, 5) is 16.8. The third kappa shape index (κ3) is 3.47. The molecular formula is C16H20N6O3S. The Morgan fingerprint density at radius 3 is 2.62 bits per heavy atom. The van der Waals surface area contributed by atoms with Crippen molar-refractivity contribution in [2.75, 3.05) is 37.7 Å². The Kier molecular flexibility index (Phi) is 4.45. The monoisotopic (exact) mass is 376 g/mol. The minimum Gasteiger partial charge on any atom is -0.336 e. The molecule has 2 aliphatic rings. The Morgan fingerprint density at radius 2 is 1.96 bits per heavy atom. The van der Waals surface area contributed by atoms with E-state index in [-0.39, 0.29) is 23.5 Å². The van der Waals surface area contributed by atoms with Crippen LogP contribution in [0.4, 0.5) is 0 Å². The molecule has 4 rings (SSSR count). The number of hydrogen-bond donors (Lipinski definition) is 0. The van der Waals surface area contributed by atoms with Crippen LogP contribution in [0.3, 0.4) is 0 Å². The second-order valence-electron chi connectivity index (χ2n) is 6.69. The van der Waals surface area contributed by atoms with Gasteiger partial charge in [0.2, 0.25) is 0 Å². The Bertz CT molecular complexity index is 890. The topological polar surface area (TPSA) is 101 Å². The fourth-order valence-electron chi connectivity index (χ4n) is 3.60. The molecule has 138 valence electrons. The molecule has 0 N–H and O–H groups in total. The molecule has 10 heteroatoms. The van der Waals surface area contributed by atoms with Gasteiger partial charge in [0, 0.05) is 37.8 Å². The highest BCUT2D eigenvalue weighted by Gasteiger charge is 2.34. The maximum absolute atomic E-state index is 12.8. The van der Waals surface area contributed by atoms with Crippen LogP contribution in [0.15, 0.2) is 30.6 Å². The Hall–Kier alpha value is -2.33. The summed E-state index contributed by atoms with van der Waals surface area (Å²) in [5.41, 5.74) is 1.32. The van der Waals surface area contributed by atoms with Crippen molar-refractivity contribution in [3.8, 4) is 5.69 Å². The molecule has 0 aliphatic carbocycles. The molecule has 9 nitrogen and oxygen atoms in total. The number of nitrogens with zero attached hydrogens (tertiary/aromatic N) is 6. The minimum atomic E-state index is -2.88. The average Bonchev–Trinajstić information content (AvgIpc) is 3.31. The van der Waals surface area contributed by atoms with Crippen molar-refractivity contribution < 1.29 is 13.2 Å². The van der Waals surface area contributed by atoms with Crippen LogP contribution >= 0.6 is 0 Å². The zero-order valence-electron chi connectivity index (χ0n) is 14.2. The third-order valence-electron chi connectivity index (χ3n) is 5.03. The number of carbonyl (C=O) groups is 1. The summed E-state index contributed by atoms with van der Waals surface area (Å²) in [6.45, 7) is 2.62. The molecule has 1 aromatic heterocycles. The number of piperazine rings is 1. The summed E-state index contributed by atoms with van der Waals surface area (Å²) in [5.74, 6) is 0.494. The first-order chi connectivity index (χ1) is 12.5. The fraction of sp³-hybridized carbons (Fsp3) is 0.500. The number of benzene rings is 1. The predicted octanol–water partition coefficient (Wildman–Crippen LogP) is -0.393. The van der Waals surface area contributed by atoms with E-state index in [1.807, 2.05) is 17.0 Å². The van der Waals surface area contributed by atoms with E-state index in [9.17, 15) is 13.2 Å². The highest BCUT2D eigenvalue weighted by Crippen LogP contribution is 2.20. The molecule has 2 aliphatic heterocycles. The van der Waals surface area contributed by atoms with Gasteiger partial charge in [-0.3, -0.25) is 9.69 Å². The van der Waals surface area contributed by atoms with Gasteiger partial charge in [-0.2, -0.15) is 0 Å². The van der Waals surface area contributed by atoms with Gasteiger partial charge >= 0.3 is 0 Å². The lowest BCUT2D eigenvalue weighted by Gasteiger charge is -2.37. The largest absolute Gasteiger partial charge is 0.336 e. The van der Waals surface area contributed by atoms with Crippen LogP contribution in [0.5, 0.6) is 0 Å². The van der Waals surface area contributed by atoms with E-state index in [4.69, 9.17) is 0 Å². The van der Waals surface area contributed by atoms with E-state index in [0.717, 1.165) is 5.69 Å². The normalized spacial score (nSPS) is 23.2. The van der Waals surface area contributed by atoms with Crippen molar-refractivity contribution in [3.63, 3.8) is 0 Å². The number of carbonyl (C=O) groups excluding carboxylic acids is 1. The van der Waals surface area contributed by atoms with Crippen molar-refractivity contribution in [1.29, 1.82) is 0 Å². The number of rotatable bonds is 3. The highest BCUT2D eigenvalue weighted by molar-refractivity contribution is 7.91. The smallest absolute Gasteiger partial charge is 0.254 e. The maximum Gasteiger partial charge on any atom is 0.254 e. The van der Waals surface area contributed by atoms with Crippen LogP contribution in [0.2, 0.25) is 0 Å². The summed E-state index contributed by atoms with van der Waals surface area (Å²) < 4.78 is 24.8. The molecule has 1 amide bonds. The molecule has 0 bridgehead atoms. The average molecular weight is 376 g/mol. The Morgan fingerprint density at radius 1 is 1.15 bits per heavy atom. The fourth-order valence-corrected chi connectivity index (χ4v) is 5.36. The lowest BCUT2D eigenvalue weighted by atomic mass is 10.1. The van der Waals surface area contributed by atoms with Crippen molar-refractivity contribution >= 4 is 15.7 Å². The third-order valence-corrected chi connectivity index (χ3v) is 6.78. The molecule has 2 saturated heterocycles. The minimum absolute atomic E-state index is 0.0291. The van der Waals surface area contributed by atoms with Crippen molar-refractivity contribution in [3.05, 3.63) is 36.2 Å². The maximum atomic E-state index is 12.8. The second kappa shape index (κ2) is 6.76. The van der Waals surface area contributed by atoms with Gasteiger partial charge in [0.25, 0.3) is 5.91 Å². The van der Waals surface area contributed by atoms with Crippen LogP contribution in [-0.2, 0) is 9.84 Å². The van der Waals surface area contributed by atoms with E-state index in [0.29, 0.717) is 38.2 Å². The standard InChI is InChI=1S/C16H20N6O3S/c23-16(13-2-1-3-14(10-13)22-12-17-18-19-22)21-7-5-20(6-8-21)15-4-9-26(24,25)11-15/h1-3,10,12,15H,4-9,11H2/t15-/m0/s1. The molecule has 2 aromatic rings. The zero-order valence-corrected chi connectivity index (χ0v) is 15.0. The summed E-state index contributed by atoms with van der Waals surface area (Å²) >= 11 is 0. The first-order valence-corrected chi connectivity index (χ1v) is 10.4. The molecule has 26 heavy (non-hydrogen) atoms. The van der Waals surface area contributed by atoms with Gasteiger partial charge in [-0.15, -0.1) is 5.10 Å². The van der Waals surface area contributed by atoms with Gasteiger partial charge in [-0.25, -0.2) is 13.1 Å². The Labute approximate surface area is 151 Å². The number of amides is 1.